The third-order valence-corrected chi connectivity index (χ3v) is 4.47. The van der Waals surface area contributed by atoms with Crippen LogP contribution in [0.15, 0.2) is 42.5 Å². The molecule has 0 aliphatic carbocycles. The van der Waals surface area contributed by atoms with Gasteiger partial charge in [0.15, 0.2) is 0 Å². The first-order valence-electron chi connectivity index (χ1n) is 7.90. The minimum Gasteiger partial charge on any atom is -0.478 e. The molecule has 0 spiro atoms. The number of fused-ring (bicyclic) bond motifs is 1. The fourth-order valence-electron chi connectivity index (χ4n) is 2.97. The summed E-state index contributed by atoms with van der Waals surface area (Å²) in [7, 11) is 0. The van der Waals surface area contributed by atoms with E-state index in [1.807, 2.05) is 18.2 Å². The lowest BCUT2D eigenvalue weighted by Crippen LogP contribution is -2.28. The number of hydrogen-bond donors (Lipinski definition) is 3. The van der Waals surface area contributed by atoms with E-state index >= 15 is 0 Å². The van der Waals surface area contributed by atoms with Crippen LogP contribution in [0, 0.1) is 0 Å². The number of hydrogen-bond acceptors (Lipinski definition) is 3. The van der Waals surface area contributed by atoms with Crippen molar-refractivity contribution in [2.45, 2.75) is 25.7 Å². The molecule has 1 aliphatic rings. The molecule has 1 amide bonds. The molecule has 5 heteroatoms. The molecule has 0 atom stereocenters. The Bertz CT molecular complexity index is 795. The number of amides is 1. The minimum atomic E-state index is -0.990. The smallest absolute Gasteiger partial charge is 0.335 e. The monoisotopic (exact) mass is 324 g/mol. The minimum absolute atomic E-state index is 0.0995. The molecule has 2 aromatic rings. The van der Waals surface area contributed by atoms with Crippen molar-refractivity contribution in [3.8, 4) is 0 Å². The van der Waals surface area contributed by atoms with Crippen molar-refractivity contribution in [1.29, 1.82) is 0 Å². The molecule has 1 heterocycles. The van der Waals surface area contributed by atoms with Gasteiger partial charge in [-0.1, -0.05) is 19.9 Å². The summed E-state index contributed by atoms with van der Waals surface area (Å²) < 4.78 is 0. The molecule has 0 unspecified atom stereocenters. The molecule has 3 N–H and O–H groups in total. The van der Waals surface area contributed by atoms with E-state index in [-0.39, 0.29) is 16.9 Å². The van der Waals surface area contributed by atoms with Crippen LogP contribution in [0.1, 0.15) is 46.5 Å². The molecule has 24 heavy (non-hydrogen) atoms. The van der Waals surface area contributed by atoms with Crippen LogP contribution in [-0.2, 0) is 5.41 Å². The average Bonchev–Trinajstić information content (AvgIpc) is 2.54. The lowest BCUT2D eigenvalue weighted by Gasteiger charge is -2.33. The van der Waals surface area contributed by atoms with E-state index in [4.69, 9.17) is 5.11 Å². The maximum absolute atomic E-state index is 12.4. The van der Waals surface area contributed by atoms with Crippen LogP contribution in [0.4, 0.5) is 11.4 Å². The highest BCUT2D eigenvalue weighted by molar-refractivity contribution is 6.05. The summed E-state index contributed by atoms with van der Waals surface area (Å²) in [5.74, 6) is -1.21. The van der Waals surface area contributed by atoms with Crippen molar-refractivity contribution in [3.05, 3.63) is 59.2 Å². The van der Waals surface area contributed by atoms with Gasteiger partial charge < -0.3 is 15.7 Å². The molecule has 124 valence electrons. The number of carbonyl (C=O) groups excluding carboxylic acids is 1. The maximum Gasteiger partial charge on any atom is 0.335 e. The van der Waals surface area contributed by atoms with Gasteiger partial charge in [0.25, 0.3) is 5.91 Å². The molecule has 0 radical (unpaired) electrons. The number of anilines is 2. The summed E-state index contributed by atoms with van der Waals surface area (Å²) in [6.07, 6.45) is 1.06. The first kappa shape index (κ1) is 16.1. The summed E-state index contributed by atoms with van der Waals surface area (Å²) in [5, 5.41) is 15.0. The fraction of sp³-hybridized carbons (Fsp3) is 0.263. The summed E-state index contributed by atoms with van der Waals surface area (Å²) in [6, 6.07) is 11.8. The largest absolute Gasteiger partial charge is 0.478 e. The Labute approximate surface area is 140 Å². The van der Waals surface area contributed by atoms with Crippen LogP contribution >= 0.6 is 0 Å². The molecule has 0 aromatic heterocycles. The summed E-state index contributed by atoms with van der Waals surface area (Å²) in [6.45, 7) is 5.30. The third kappa shape index (κ3) is 3.11. The number of carboxylic acid groups (broad SMARTS) is 1. The van der Waals surface area contributed by atoms with Crippen molar-refractivity contribution in [1.82, 2.24) is 0 Å². The van der Waals surface area contributed by atoms with Gasteiger partial charge in [-0.25, -0.2) is 4.79 Å². The highest BCUT2D eigenvalue weighted by atomic mass is 16.4. The average molecular weight is 324 g/mol. The van der Waals surface area contributed by atoms with Crippen molar-refractivity contribution in [3.63, 3.8) is 0 Å². The lowest BCUT2D eigenvalue weighted by atomic mass is 9.78. The van der Waals surface area contributed by atoms with Crippen LogP contribution in [0.2, 0.25) is 0 Å². The van der Waals surface area contributed by atoms with E-state index in [0.29, 0.717) is 11.3 Å². The van der Waals surface area contributed by atoms with E-state index in [2.05, 4.69) is 24.5 Å². The Morgan fingerprint density at radius 2 is 1.75 bits per heavy atom. The van der Waals surface area contributed by atoms with Gasteiger partial charge in [-0.05, 0) is 53.8 Å². The molecular formula is C19H20N2O3. The molecular weight excluding hydrogens is 304 g/mol. The highest BCUT2D eigenvalue weighted by Gasteiger charge is 2.27. The van der Waals surface area contributed by atoms with Crippen molar-refractivity contribution < 1.29 is 14.7 Å². The van der Waals surface area contributed by atoms with Crippen LogP contribution < -0.4 is 10.6 Å². The maximum atomic E-state index is 12.4. The normalized spacial score (nSPS) is 15.1. The van der Waals surface area contributed by atoms with Gasteiger partial charge in [-0.2, -0.15) is 0 Å². The van der Waals surface area contributed by atoms with Gasteiger partial charge in [0.05, 0.1) is 5.56 Å². The molecule has 1 aliphatic heterocycles. The topological polar surface area (TPSA) is 78.4 Å². The Hall–Kier alpha value is -2.82. The second kappa shape index (κ2) is 6.00. The zero-order chi connectivity index (χ0) is 17.3. The zero-order valence-corrected chi connectivity index (χ0v) is 13.7. The van der Waals surface area contributed by atoms with Gasteiger partial charge in [0.2, 0.25) is 0 Å². The number of carbonyl (C=O) groups is 2. The zero-order valence-electron chi connectivity index (χ0n) is 13.7. The Morgan fingerprint density at radius 3 is 2.42 bits per heavy atom. The molecule has 0 bridgehead atoms. The summed E-state index contributed by atoms with van der Waals surface area (Å²) in [4.78, 5) is 23.3. The van der Waals surface area contributed by atoms with E-state index in [0.717, 1.165) is 18.7 Å². The van der Waals surface area contributed by atoms with Gasteiger partial charge in [-0.3, -0.25) is 4.79 Å². The summed E-state index contributed by atoms with van der Waals surface area (Å²) >= 11 is 0. The number of carboxylic acids is 1. The van der Waals surface area contributed by atoms with Crippen LogP contribution in [-0.4, -0.2) is 23.5 Å². The van der Waals surface area contributed by atoms with Crippen molar-refractivity contribution in [2.24, 2.45) is 0 Å². The molecule has 5 nitrogen and oxygen atoms in total. The van der Waals surface area contributed by atoms with Crippen LogP contribution in [0.25, 0.3) is 0 Å². The number of rotatable bonds is 3. The quantitative estimate of drug-likeness (QED) is 0.804. The van der Waals surface area contributed by atoms with Crippen molar-refractivity contribution >= 4 is 23.3 Å². The van der Waals surface area contributed by atoms with E-state index in [1.165, 1.54) is 17.7 Å². The third-order valence-electron chi connectivity index (χ3n) is 4.47. The molecule has 3 rings (SSSR count). The lowest BCUT2D eigenvalue weighted by molar-refractivity contribution is 0.0696. The second-order valence-corrected chi connectivity index (χ2v) is 6.66. The first-order valence-corrected chi connectivity index (χ1v) is 7.90. The van der Waals surface area contributed by atoms with Gasteiger partial charge in [0.1, 0.15) is 0 Å². The molecule has 0 fully saturated rings. The van der Waals surface area contributed by atoms with Crippen LogP contribution in [0.5, 0.6) is 0 Å². The predicted molar refractivity (Wildman–Crippen MR) is 93.9 cm³/mol. The highest BCUT2D eigenvalue weighted by Crippen LogP contribution is 2.36. The number of nitrogens with one attached hydrogen (secondary N) is 2. The Balaban J connectivity index is 1.79. The number of aromatic carboxylic acids is 1. The van der Waals surface area contributed by atoms with Gasteiger partial charge in [0, 0.05) is 23.5 Å². The molecule has 0 saturated carbocycles. The van der Waals surface area contributed by atoms with Gasteiger partial charge in [-0.15, -0.1) is 0 Å². The molecule has 0 saturated heterocycles. The van der Waals surface area contributed by atoms with E-state index in [1.54, 1.807) is 12.1 Å². The summed E-state index contributed by atoms with van der Waals surface area (Å²) in [5.41, 5.74) is 3.64. The number of benzene rings is 2. The Morgan fingerprint density at radius 1 is 1.08 bits per heavy atom. The second-order valence-electron chi connectivity index (χ2n) is 6.66. The predicted octanol–water partition coefficient (Wildman–Crippen LogP) is 3.73. The molecule has 2 aromatic carbocycles. The first-order chi connectivity index (χ1) is 11.4. The van der Waals surface area contributed by atoms with E-state index < -0.39 is 5.97 Å². The van der Waals surface area contributed by atoms with E-state index in [9.17, 15) is 9.59 Å². The van der Waals surface area contributed by atoms with Gasteiger partial charge >= 0.3 is 5.97 Å². The SMILES string of the molecule is CC1(C)CCNc2cc(C(=O)Nc3ccc(C(=O)O)cc3)ccc21. The van der Waals surface area contributed by atoms with Crippen molar-refractivity contribution in [2.75, 3.05) is 17.2 Å². The fourth-order valence-corrected chi connectivity index (χ4v) is 2.97. The van der Waals surface area contributed by atoms with Crippen LogP contribution in [0.3, 0.4) is 0 Å². The standard InChI is InChI=1S/C19H20N2O3/c1-19(2)9-10-20-16-11-13(5-8-15(16)19)17(22)21-14-6-3-12(4-7-14)18(23)24/h3-8,11,20H,9-10H2,1-2H3,(H,21,22)(H,23,24). The Kier molecular flexibility index (Phi) is 4.01.